The zero-order valence-electron chi connectivity index (χ0n) is 10.9. The lowest BCUT2D eigenvalue weighted by atomic mass is 10.2. The summed E-state index contributed by atoms with van der Waals surface area (Å²) in [6, 6.07) is 8.07. The molecule has 0 fully saturated rings. The molecule has 4 nitrogen and oxygen atoms in total. The Labute approximate surface area is 130 Å². The van der Waals surface area contributed by atoms with Crippen molar-refractivity contribution in [3.05, 3.63) is 35.3 Å². The predicted octanol–water partition coefficient (Wildman–Crippen LogP) is 3.20. The Morgan fingerprint density at radius 1 is 1.35 bits per heavy atom. The standard InChI is InChI=1S/C13H13N3OS3/c1-17-10-4-2-9(3-5-10)12-14-6-11(20-12)7-18-13-16-15-8-19-13/h2-5,8,11H,6-7H2,1H3. The molecule has 0 saturated carbocycles. The van der Waals surface area contributed by atoms with Crippen LogP contribution in [0.5, 0.6) is 5.75 Å². The van der Waals surface area contributed by atoms with Gasteiger partial charge < -0.3 is 4.74 Å². The van der Waals surface area contributed by atoms with Gasteiger partial charge in [0, 0.05) is 16.6 Å². The summed E-state index contributed by atoms with van der Waals surface area (Å²) in [5.41, 5.74) is 2.93. The highest BCUT2D eigenvalue weighted by Gasteiger charge is 2.21. The first-order valence-electron chi connectivity index (χ1n) is 6.09. The minimum atomic E-state index is 0.515. The molecule has 1 aliphatic heterocycles. The molecule has 1 aliphatic rings. The molecule has 0 bridgehead atoms. The topological polar surface area (TPSA) is 47.4 Å². The first-order valence-corrected chi connectivity index (χ1v) is 8.84. The second kappa shape index (κ2) is 6.60. The van der Waals surface area contributed by atoms with Gasteiger partial charge in [-0.15, -0.1) is 22.0 Å². The third-order valence-corrected chi connectivity index (χ3v) is 6.26. The van der Waals surface area contributed by atoms with Crippen molar-refractivity contribution in [2.24, 2.45) is 4.99 Å². The molecule has 1 atom stereocenters. The molecular weight excluding hydrogens is 310 g/mol. The smallest absolute Gasteiger partial charge is 0.174 e. The minimum Gasteiger partial charge on any atom is -0.497 e. The van der Waals surface area contributed by atoms with E-state index in [1.807, 2.05) is 23.9 Å². The maximum Gasteiger partial charge on any atom is 0.174 e. The number of nitrogens with zero attached hydrogens (tertiary/aromatic N) is 3. The number of hydrogen-bond donors (Lipinski definition) is 0. The Bertz CT molecular complexity index is 583. The lowest BCUT2D eigenvalue weighted by molar-refractivity contribution is 0.415. The van der Waals surface area contributed by atoms with Gasteiger partial charge >= 0.3 is 0 Å². The van der Waals surface area contributed by atoms with Crippen LogP contribution in [0.2, 0.25) is 0 Å². The molecular formula is C13H13N3OS3. The van der Waals surface area contributed by atoms with E-state index in [9.17, 15) is 0 Å². The first-order chi connectivity index (χ1) is 9.85. The number of methoxy groups -OCH3 is 1. The van der Waals surface area contributed by atoms with Crippen molar-refractivity contribution in [3.8, 4) is 5.75 Å². The highest BCUT2D eigenvalue weighted by Crippen LogP contribution is 2.31. The third-order valence-electron chi connectivity index (χ3n) is 2.79. The van der Waals surface area contributed by atoms with E-state index in [1.54, 1.807) is 35.7 Å². The third kappa shape index (κ3) is 3.34. The molecule has 0 aliphatic carbocycles. The van der Waals surface area contributed by atoms with E-state index in [-0.39, 0.29) is 0 Å². The normalized spacial score (nSPS) is 18.1. The van der Waals surface area contributed by atoms with Crippen LogP contribution >= 0.6 is 34.9 Å². The van der Waals surface area contributed by atoms with Crippen LogP contribution in [0.25, 0.3) is 0 Å². The summed E-state index contributed by atoms with van der Waals surface area (Å²) < 4.78 is 6.20. The van der Waals surface area contributed by atoms with Gasteiger partial charge in [-0.25, -0.2) is 0 Å². The Kier molecular flexibility index (Phi) is 4.59. The van der Waals surface area contributed by atoms with Crippen molar-refractivity contribution in [3.63, 3.8) is 0 Å². The average Bonchev–Trinajstić information content (AvgIpc) is 3.17. The molecule has 1 aromatic carbocycles. The van der Waals surface area contributed by atoms with Gasteiger partial charge in [-0.3, -0.25) is 4.99 Å². The highest BCUT2D eigenvalue weighted by atomic mass is 32.2. The molecule has 0 amide bonds. The van der Waals surface area contributed by atoms with Crippen LogP contribution in [0.3, 0.4) is 0 Å². The summed E-state index contributed by atoms with van der Waals surface area (Å²) in [7, 11) is 1.68. The van der Waals surface area contributed by atoms with E-state index < -0.39 is 0 Å². The quantitative estimate of drug-likeness (QED) is 0.791. The van der Waals surface area contributed by atoms with Crippen molar-refractivity contribution in [1.82, 2.24) is 10.2 Å². The Balaban J connectivity index is 1.55. The molecule has 0 saturated heterocycles. The van der Waals surface area contributed by atoms with Crippen LogP contribution in [0.1, 0.15) is 5.56 Å². The number of thioether (sulfide) groups is 2. The second-order valence-electron chi connectivity index (χ2n) is 4.13. The van der Waals surface area contributed by atoms with Gasteiger partial charge in [0.1, 0.15) is 11.3 Å². The van der Waals surface area contributed by atoms with Crippen LogP contribution in [0.4, 0.5) is 0 Å². The van der Waals surface area contributed by atoms with E-state index >= 15 is 0 Å². The lowest BCUT2D eigenvalue weighted by Gasteiger charge is -2.06. The number of rotatable bonds is 5. The van der Waals surface area contributed by atoms with E-state index in [4.69, 9.17) is 4.74 Å². The second-order valence-corrected chi connectivity index (χ2v) is 7.52. The SMILES string of the molecule is COc1ccc(C2=NCC(CSc3nncs3)S2)cc1. The number of ether oxygens (including phenoxy) is 1. The van der Waals surface area contributed by atoms with Gasteiger partial charge in [-0.2, -0.15) is 0 Å². The van der Waals surface area contributed by atoms with Gasteiger partial charge in [0.15, 0.2) is 4.34 Å². The van der Waals surface area contributed by atoms with E-state index in [0.29, 0.717) is 5.25 Å². The van der Waals surface area contributed by atoms with Crippen molar-refractivity contribution in [2.75, 3.05) is 19.4 Å². The van der Waals surface area contributed by atoms with Crippen molar-refractivity contribution in [1.29, 1.82) is 0 Å². The maximum absolute atomic E-state index is 5.17. The number of aliphatic imine (C=N–C) groups is 1. The summed E-state index contributed by atoms with van der Waals surface area (Å²) in [5, 5.41) is 9.53. The summed E-state index contributed by atoms with van der Waals surface area (Å²) in [6.45, 7) is 0.873. The van der Waals surface area contributed by atoms with Gasteiger partial charge in [-0.05, 0) is 24.3 Å². The molecule has 0 radical (unpaired) electrons. The van der Waals surface area contributed by atoms with Gasteiger partial charge in [0.05, 0.1) is 18.7 Å². The lowest BCUT2D eigenvalue weighted by Crippen LogP contribution is -2.06. The van der Waals surface area contributed by atoms with Crippen LogP contribution in [0, 0.1) is 0 Å². The molecule has 104 valence electrons. The molecule has 20 heavy (non-hydrogen) atoms. The molecule has 0 N–H and O–H groups in total. The summed E-state index contributed by atoms with van der Waals surface area (Å²) in [6.07, 6.45) is 0. The zero-order chi connectivity index (χ0) is 13.8. The molecule has 7 heteroatoms. The molecule has 2 aromatic rings. The van der Waals surface area contributed by atoms with Crippen LogP contribution < -0.4 is 4.74 Å². The monoisotopic (exact) mass is 323 g/mol. The zero-order valence-corrected chi connectivity index (χ0v) is 13.3. The van der Waals surface area contributed by atoms with Crippen molar-refractivity contribution >= 4 is 39.9 Å². The first kappa shape index (κ1) is 13.9. The molecule has 2 heterocycles. The summed E-state index contributed by atoms with van der Waals surface area (Å²) >= 11 is 5.19. The summed E-state index contributed by atoms with van der Waals surface area (Å²) in [4.78, 5) is 4.64. The Morgan fingerprint density at radius 2 is 2.20 bits per heavy atom. The minimum absolute atomic E-state index is 0.515. The Hall–Kier alpha value is -1.05. The average molecular weight is 323 g/mol. The van der Waals surface area contributed by atoms with Crippen molar-refractivity contribution in [2.45, 2.75) is 9.59 Å². The van der Waals surface area contributed by atoms with Gasteiger partial charge in [0.25, 0.3) is 0 Å². The Morgan fingerprint density at radius 3 is 2.90 bits per heavy atom. The predicted molar refractivity (Wildman–Crippen MR) is 86.4 cm³/mol. The van der Waals surface area contributed by atoms with E-state index in [2.05, 4.69) is 27.3 Å². The largest absolute Gasteiger partial charge is 0.497 e. The number of aromatic nitrogens is 2. The van der Waals surface area contributed by atoms with Gasteiger partial charge in [0.2, 0.25) is 0 Å². The van der Waals surface area contributed by atoms with Crippen LogP contribution in [-0.4, -0.2) is 39.9 Å². The van der Waals surface area contributed by atoms with Crippen LogP contribution in [-0.2, 0) is 0 Å². The fourth-order valence-corrected chi connectivity index (χ4v) is 4.57. The number of benzene rings is 1. The highest BCUT2D eigenvalue weighted by molar-refractivity contribution is 8.16. The maximum atomic E-state index is 5.17. The van der Waals surface area contributed by atoms with E-state index in [1.165, 1.54) is 5.56 Å². The molecule has 1 unspecified atom stereocenters. The fourth-order valence-electron chi connectivity index (χ4n) is 1.79. The molecule has 3 rings (SSSR count). The fraction of sp³-hybridized carbons (Fsp3) is 0.308. The van der Waals surface area contributed by atoms with Crippen molar-refractivity contribution < 1.29 is 4.74 Å². The van der Waals surface area contributed by atoms with Gasteiger partial charge in [-0.1, -0.05) is 23.1 Å². The van der Waals surface area contributed by atoms with Crippen LogP contribution in [0.15, 0.2) is 39.1 Å². The van der Waals surface area contributed by atoms with E-state index in [0.717, 1.165) is 27.4 Å². The number of hydrogen-bond acceptors (Lipinski definition) is 7. The summed E-state index contributed by atoms with van der Waals surface area (Å²) in [5.74, 6) is 1.89. The molecule has 1 aromatic heterocycles. The molecule has 0 spiro atoms.